The number of ether oxygens (including phenoxy) is 3. The van der Waals surface area contributed by atoms with Gasteiger partial charge in [0.25, 0.3) is 5.91 Å². The lowest BCUT2D eigenvalue weighted by atomic mass is 9.90. The van der Waals surface area contributed by atoms with Gasteiger partial charge in [-0.05, 0) is 50.1 Å². The van der Waals surface area contributed by atoms with Crippen LogP contribution in [0.3, 0.4) is 0 Å². The van der Waals surface area contributed by atoms with E-state index in [4.69, 9.17) is 27.7 Å². The van der Waals surface area contributed by atoms with Gasteiger partial charge in [0.15, 0.2) is 5.76 Å². The lowest BCUT2D eigenvalue weighted by molar-refractivity contribution is -0.168. The van der Waals surface area contributed by atoms with Crippen molar-refractivity contribution >= 4 is 43.1 Å². The largest absolute Gasteiger partial charge is 0.494 e. The fourth-order valence-electron chi connectivity index (χ4n) is 4.85. The molecule has 17 heteroatoms. The number of furan rings is 1. The lowest BCUT2D eigenvalue weighted by Crippen LogP contribution is -2.47. The maximum atomic E-state index is 14.1. The van der Waals surface area contributed by atoms with Gasteiger partial charge in [-0.25, -0.2) is 5.06 Å². The molecule has 2 aromatic rings. The summed E-state index contributed by atoms with van der Waals surface area (Å²) in [5, 5.41) is 15.7. The van der Waals surface area contributed by atoms with E-state index in [0.717, 1.165) is 19.3 Å². The minimum absolute atomic E-state index is 0.0466. The molecule has 0 spiro atoms. The van der Waals surface area contributed by atoms with Crippen molar-refractivity contribution in [3.05, 3.63) is 36.1 Å². The van der Waals surface area contributed by atoms with E-state index in [9.17, 15) is 33.7 Å². The van der Waals surface area contributed by atoms with E-state index in [-0.39, 0.29) is 42.3 Å². The molecule has 3 N–H and O–H groups in total. The molecule has 0 aliphatic carbocycles. The minimum atomic E-state index is -4.35. The number of amides is 3. The molecule has 52 heavy (non-hydrogen) atoms. The SMILES string of the molecule is CCCCC[C@@H](C(=O)NCNC(=O)c1ccc(-c2cc(OCC)cc(P(=O)(OCOC(=O)C(C)C)OCOC(=O)C(C)C)c2)o1)[C@@H](CC)N(O)C=O. The van der Waals surface area contributed by atoms with Gasteiger partial charge in [-0.1, -0.05) is 60.8 Å². The second-order valence-corrected chi connectivity index (χ2v) is 14.4. The van der Waals surface area contributed by atoms with E-state index in [1.165, 1.54) is 24.3 Å². The highest BCUT2D eigenvalue weighted by Crippen LogP contribution is 2.48. The molecule has 1 heterocycles. The maximum absolute atomic E-state index is 14.1. The third-order valence-corrected chi connectivity index (χ3v) is 9.50. The fraction of sp³-hybridized carbons (Fsp3) is 0.571. The number of hydrogen-bond donors (Lipinski definition) is 3. The summed E-state index contributed by atoms with van der Waals surface area (Å²) in [5.41, 5.74) is 0.309. The number of hydrogen-bond acceptors (Lipinski definition) is 13. The van der Waals surface area contributed by atoms with Crippen LogP contribution in [0.15, 0.2) is 34.7 Å². The number of carbonyl (C=O) groups is 5. The second-order valence-electron chi connectivity index (χ2n) is 12.3. The highest BCUT2D eigenvalue weighted by atomic mass is 31.2. The Bertz CT molecular complexity index is 1500. The van der Waals surface area contributed by atoms with Crippen LogP contribution in [-0.4, -0.2) is 73.3 Å². The standard InChI is InChI=1S/C35H52N3O13P/c1-8-11-12-13-28(29(9-2)38(44)20-39)32(40)36-19-37-33(41)31-15-14-30(51-31)25-16-26(46-10-3)18-27(17-25)52(45,49-21-47-34(42)23(4)5)50-22-48-35(43)24(6)7/h14-18,20,23-24,28-29,44H,8-13,19,21-22H2,1-7H3,(H,36,40)(H,37,41)/t28-,29-/m1/s1. The molecule has 2 atom stereocenters. The number of nitrogens with one attached hydrogen (secondary N) is 2. The highest BCUT2D eigenvalue weighted by molar-refractivity contribution is 7.62. The molecule has 0 radical (unpaired) electrons. The zero-order valence-corrected chi connectivity index (χ0v) is 31.8. The van der Waals surface area contributed by atoms with E-state index in [1.807, 2.05) is 6.92 Å². The van der Waals surface area contributed by atoms with Crippen LogP contribution in [0.25, 0.3) is 11.3 Å². The van der Waals surface area contributed by atoms with Gasteiger partial charge in [0.05, 0.1) is 42.4 Å². The molecule has 2 rings (SSSR count). The number of rotatable bonds is 24. The van der Waals surface area contributed by atoms with Crippen molar-refractivity contribution in [1.82, 2.24) is 15.7 Å². The first-order valence-electron chi connectivity index (χ1n) is 17.3. The maximum Gasteiger partial charge on any atom is 0.367 e. The molecule has 0 aliphatic heterocycles. The summed E-state index contributed by atoms with van der Waals surface area (Å²) >= 11 is 0. The van der Waals surface area contributed by atoms with Gasteiger partial charge < -0.3 is 29.3 Å². The predicted molar refractivity (Wildman–Crippen MR) is 188 cm³/mol. The van der Waals surface area contributed by atoms with E-state index in [1.54, 1.807) is 47.6 Å². The Morgan fingerprint density at radius 1 is 0.923 bits per heavy atom. The summed E-state index contributed by atoms with van der Waals surface area (Å²) in [6.07, 6.45) is 3.57. The Hall–Kier alpha value is -4.24. The van der Waals surface area contributed by atoms with Crippen LogP contribution in [-0.2, 0) is 42.3 Å². The van der Waals surface area contributed by atoms with Gasteiger partial charge in [-0.2, -0.15) is 0 Å². The Morgan fingerprint density at radius 3 is 2.10 bits per heavy atom. The highest BCUT2D eigenvalue weighted by Gasteiger charge is 2.32. The smallest absolute Gasteiger partial charge is 0.367 e. The van der Waals surface area contributed by atoms with Crippen LogP contribution in [0.2, 0.25) is 0 Å². The topological polar surface area (TPSA) is 209 Å². The quantitative estimate of drug-likeness (QED) is 0.0242. The average Bonchev–Trinajstić information content (AvgIpc) is 3.61. The summed E-state index contributed by atoms with van der Waals surface area (Å²) in [6, 6.07) is 6.54. The van der Waals surface area contributed by atoms with E-state index >= 15 is 0 Å². The summed E-state index contributed by atoms with van der Waals surface area (Å²) in [6.45, 7) is 10.5. The van der Waals surface area contributed by atoms with E-state index in [0.29, 0.717) is 23.5 Å². The molecule has 1 aromatic heterocycles. The third-order valence-electron chi connectivity index (χ3n) is 7.72. The Labute approximate surface area is 304 Å². The minimum Gasteiger partial charge on any atom is -0.494 e. The van der Waals surface area contributed by atoms with Crippen LogP contribution in [0, 0.1) is 17.8 Å². The number of carbonyl (C=O) groups excluding carboxylic acids is 5. The summed E-state index contributed by atoms with van der Waals surface area (Å²) in [5.74, 6) is -3.66. The third kappa shape index (κ3) is 13.4. The van der Waals surface area contributed by atoms with E-state index in [2.05, 4.69) is 10.6 Å². The molecule has 0 saturated heterocycles. The van der Waals surface area contributed by atoms with Crippen molar-refractivity contribution in [1.29, 1.82) is 0 Å². The van der Waals surface area contributed by atoms with Crippen LogP contribution in [0.5, 0.6) is 5.75 Å². The normalized spacial score (nSPS) is 12.6. The molecule has 0 unspecified atom stereocenters. The zero-order valence-electron chi connectivity index (χ0n) is 30.9. The summed E-state index contributed by atoms with van der Waals surface area (Å²) in [4.78, 5) is 61.3. The van der Waals surface area contributed by atoms with Gasteiger partial charge >= 0.3 is 19.5 Å². The van der Waals surface area contributed by atoms with Crippen molar-refractivity contribution in [3.63, 3.8) is 0 Å². The Kier molecular flexibility index (Phi) is 18.6. The van der Waals surface area contributed by atoms with Crippen LogP contribution >= 0.6 is 7.60 Å². The summed E-state index contributed by atoms with van der Waals surface area (Å²) in [7, 11) is -4.35. The van der Waals surface area contributed by atoms with Crippen molar-refractivity contribution in [2.45, 2.75) is 86.6 Å². The first-order valence-corrected chi connectivity index (χ1v) is 18.8. The Balaban J connectivity index is 2.29. The summed E-state index contributed by atoms with van der Waals surface area (Å²) < 4.78 is 46.7. The molecule has 1 aromatic carbocycles. The van der Waals surface area contributed by atoms with Crippen LogP contribution in [0.4, 0.5) is 0 Å². The van der Waals surface area contributed by atoms with Crippen LogP contribution in [0.1, 0.15) is 91.1 Å². The monoisotopic (exact) mass is 753 g/mol. The number of benzene rings is 1. The van der Waals surface area contributed by atoms with Crippen molar-refractivity contribution in [2.75, 3.05) is 26.9 Å². The van der Waals surface area contributed by atoms with Gasteiger partial charge in [0.2, 0.25) is 25.9 Å². The van der Waals surface area contributed by atoms with Crippen molar-refractivity contribution < 1.29 is 61.4 Å². The number of nitrogens with zero attached hydrogens (tertiary/aromatic N) is 1. The molecule has 0 bridgehead atoms. The Morgan fingerprint density at radius 2 is 1.56 bits per heavy atom. The molecule has 0 saturated carbocycles. The predicted octanol–water partition coefficient (Wildman–Crippen LogP) is 5.14. The molecule has 3 amide bonds. The first-order chi connectivity index (χ1) is 24.7. The molecule has 0 aliphatic rings. The zero-order chi connectivity index (χ0) is 38.8. The molecular weight excluding hydrogens is 701 g/mol. The average molecular weight is 754 g/mol. The van der Waals surface area contributed by atoms with Crippen LogP contribution < -0.4 is 20.7 Å². The van der Waals surface area contributed by atoms with Crippen molar-refractivity contribution in [3.8, 4) is 17.1 Å². The fourth-order valence-corrected chi connectivity index (χ4v) is 6.19. The van der Waals surface area contributed by atoms with E-state index < -0.39 is 68.7 Å². The second kappa shape index (κ2) is 22.0. The molecule has 290 valence electrons. The molecule has 0 fully saturated rings. The number of hydroxylamine groups is 2. The van der Waals surface area contributed by atoms with Crippen molar-refractivity contribution in [2.24, 2.45) is 17.8 Å². The number of esters is 2. The van der Waals surface area contributed by atoms with Gasteiger partial charge in [0.1, 0.15) is 11.5 Å². The van der Waals surface area contributed by atoms with Gasteiger partial charge in [-0.3, -0.25) is 42.8 Å². The molecular formula is C35H52N3O13P. The number of unbranched alkanes of at least 4 members (excludes halogenated alkanes) is 2. The van der Waals surface area contributed by atoms with Gasteiger partial charge in [0, 0.05) is 5.56 Å². The molecule has 16 nitrogen and oxygen atoms in total. The van der Waals surface area contributed by atoms with Gasteiger partial charge in [-0.15, -0.1) is 0 Å². The first kappa shape index (κ1) is 43.9. The lowest BCUT2D eigenvalue weighted by Gasteiger charge is -2.29.